The number of nitrogens with one attached hydrogen (secondary N) is 1. The Morgan fingerprint density at radius 2 is 1.82 bits per heavy atom. The molecule has 12 nitrogen and oxygen atoms in total. The lowest BCUT2D eigenvalue weighted by atomic mass is 9.97. The van der Waals surface area contributed by atoms with Gasteiger partial charge in [0.25, 0.3) is 5.56 Å². The number of hydrogen-bond donors (Lipinski definition) is 2. The average Bonchev–Trinajstić information content (AvgIpc) is 2.85. The van der Waals surface area contributed by atoms with Gasteiger partial charge in [0.05, 0.1) is 23.4 Å². The first-order valence-electron chi connectivity index (χ1n) is 13.2. The van der Waals surface area contributed by atoms with Gasteiger partial charge in [0, 0.05) is 32.4 Å². The van der Waals surface area contributed by atoms with Gasteiger partial charge in [-0.3, -0.25) is 19.0 Å². The number of fused-ring (bicyclic) bond motifs is 2. The Hall–Kier alpha value is -3.80. The van der Waals surface area contributed by atoms with Crippen LogP contribution < -0.4 is 16.6 Å². The first kappa shape index (κ1) is 28.2. The molecule has 2 N–H and O–H groups in total. The van der Waals surface area contributed by atoms with Crippen molar-refractivity contribution >= 4 is 28.7 Å². The lowest BCUT2D eigenvalue weighted by molar-refractivity contribution is -0.154. The Kier molecular flexibility index (Phi) is 8.05. The standard InChI is InChI=1S/C27H36N6O6/c1-16-14-19-20(15-18(16)28-9-6-21(34)39-27(2,3)4)33(13-12-32-10-7-17(8-11-32)25(36)37)23-22(29-19)24(35)31(5)26(38)30-23/h14-15,17,28H,6-13H2,1-5H3,(H,36,37). The summed E-state index contributed by atoms with van der Waals surface area (Å²) >= 11 is 0. The molecule has 0 spiro atoms. The monoisotopic (exact) mass is 540 g/mol. The van der Waals surface area contributed by atoms with Crippen LogP contribution in [0.2, 0.25) is 0 Å². The zero-order chi connectivity index (χ0) is 28.5. The second-order valence-corrected chi connectivity index (χ2v) is 11.1. The fourth-order valence-corrected chi connectivity index (χ4v) is 4.82. The molecule has 0 unspecified atom stereocenters. The van der Waals surface area contributed by atoms with E-state index in [4.69, 9.17) is 4.74 Å². The summed E-state index contributed by atoms with van der Waals surface area (Å²) in [5.74, 6) is -1.19. The van der Waals surface area contributed by atoms with Crippen LogP contribution in [-0.4, -0.2) is 72.8 Å². The van der Waals surface area contributed by atoms with Crippen LogP contribution in [0.5, 0.6) is 0 Å². The topological polar surface area (TPSA) is 149 Å². The van der Waals surface area contributed by atoms with Gasteiger partial charge in [0.1, 0.15) is 5.60 Å². The third kappa shape index (κ3) is 6.44. The number of esters is 1. The number of aryl methyl sites for hydroxylation is 1. The maximum atomic E-state index is 12.9. The van der Waals surface area contributed by atoms with E-state index in [1.807, 2.05) is 44.4 Å². The molecule has 3 aliphatic heterocycles. The number of rotatable bonds is 8. The van der Waals surface area contributed by atoms with Crippen molar-refractivity contribution in [2.45, 2.75) is 59.1 Å². The average molecular weight is 541 g/mol. The maximum Gasteiger partial charge on any atom is 0.352 e. The zero-order valence-corrected chi connectivity index (χ0v) is 23.1. The summed E-state index contributed by atoms with van der Waals surface area (Å²) in [5, 5.41) is 12.6. The minimum absolute atomic E-state index is 0.110. The van der Waals surface area contributed by atoms with Crippen molar-refractivity contribution in [2.24, 2.45) is 13.0 Å². The largest absolute Gasteiger partial charge is 0.481 e. The highest BCUT2D eigenvalue weighted by atomic mass is 16.6. The number of anilines is 1. The van der Waals surface area contributed by atoms with Crippen molar-refractivity contribution in [3.05, 3.63) is 38.5 Å². The van der Waals surface area contributed by atoms with Crippen LogP contribution >= 0.6 is 0 Å². The van der Waals surface area contributed by atoms with E-state index >= 15 is 0 Å². The Morgan fingerprint density at radius 3 is 2.46 bits per heavy atom. The third-order valence-electron chi connectivity index (χ3n) is 6.95. The molecule has 0 aliphatic carbocycles. The number of benzene rings is 1. The molecular formula is C27H36N6O6. The molecule has 4 rings (SSSR count). The van der Waals surface area contributed by atoms with Crippen LogP contribution in [0.4, 0.5) is 5.69 Å². The van der Waals surface area contributed by atoms with Crippen molar-refractivity contribution in [1.29, 1.82) is 0 Å². The van der Waals surface area contributed by atoms with Gasteiger partial charge >= 0.3 is 17.6 Å². The van der Waals surface area contributed by atoms with Crippen molar-refractivity contribution in [3.63, 3.8) is 0 Å². The number of likely N-dealkylation sites (tertiary alicyclic amines) is 1. The van der Waals surface area contributed by atoms with Gasteiger partial charge in [-0.15, -0.1) is 0 Å². The lowest BCUT2D eigenvalue weighted by Crippen LogP contribution is -2.39. The van der Waals surface area contributed by atoms with E-state index in [0.717, 1.165) is 15.8 Å². The summed E-state index contributed by atoms with van der Waals surface area (Å²) in [6, 6.07) is 3.76. The van der Waals surface area contributed by atoms with Crippen molar-refractivity contribution in [1.82, 2.24) is 24.0 Å². The number of aromatic nitrogens is 4. The molecule has 0 aromatic heterocycles. The van der Waals surface area contributed by atoms with Crippen LogP contribution in [0.3, 0.4) is 0 Å². The molecule has 1 saturated heterocycles. The van der Waals surface area contributed by atoms with E-state index in [2.05, 4.69) is 20.2 Å². The van der Waals surface area contributed by atoms with Gasteiger partial charge in [0.2, 0.25) is 0 Å². The first-order chi connectivity index (χ1) is 18.3. The van der Waals surface area contributed by atoms with Gasteiger partial charge < -0.3 is 24.6 Å². The van der Waals surface area contributed by atoms with E-state index < -0.39 is 22.8 Å². The lowest BCUT2D eigenvalue weighted by Gasteiger charge is -2.30. The molecule has 1 fully saturated rings. The quantitative estimate of drug-likeness (QED) is 0.320. The molecular weight excluding hydrogens is 504 g/mol. The zero-order valence-electron chi connectivity index (χ0n) is 23.1. The van der Waals surface area contributed by atoms with E-state index in [1.165, 1.54) is 7.05 Å². The van der Waals surface area contributed by atoms with Crippen LogP contribution in [0.15, 0.2) is 21.7 Å². The molecule has 0 saturated carbocycles. The highest BCUT2D eigenvalue weighted by Gasteiger charge is 2.26. The maximum absolute atomic E-state index is 12.9. The minimum atomic E-state index is -0.764. The van der Waals surface area contributed by atoms with E-state index in [1.54, 1.807) is 0 Å². The molecule has 39 heavy (non-hydrogen) atoms. The van der Waals surface area contributed by atoms with Gasteiger partial charge in [0.15, 0.2) is 11.5 Å². The summed E-state index contributed by atoms with van der Waals surface area (Å²) < 4.78 is 8.17. The molecule has 1 aromatic carbocycles. The van der Waals surface area contributed by atoms with E-state index in [-0.39, 0.29) is 29.8 Å². The predicted molar refractivity (Wildman–Crippen MR) is 146 cm³/mol. The minimum Gasteiger partial charge on any atom is -0.481 e. The summed E-state index contributed by atoms with van der Waals surface area (Å²) in [7, 11) is 1.38. The Labute approximate surface area is 226 Å². The number of carboxylic acid groups (broad SMARTS) is 1. The van der Waals surface area contributed by atoms with E-state index in [0.29, 0.717) is 56.6 Å². The number of nitrogens with zero attached hydrogens (tertiary/aromatic N) is 5. The molecule has 0 atom stereocenters. The van der Waals surface area contributed by atoms with Gasteiger partial charge in [-0.2, -0.15) is 4.98 Å². The fourth-order valence-electron chi connectivity index (χ4n) is 4.82. The molecule has 3 aliphatic rings. The first-order valence-corrected chi connectivity index (χ1v) is 13.2. The number of piperidine rings is 1. The smallest absolute Gasteiger partial charge is 0.352 e. The van der Waals surface area contributed by atoms with Crippen LogP contribution in [0.25, 0.3) is 22.6 Å². The Bertz CT molecular complexity index is 1480. The van der Waals surface area contributed by atoms with Crippen LogP contribution in [0.1, 0.15) is 45.6 Å². The van der Waals surface area contributed by atoms with Gasteiger partial charge in [-0.25, -0.2) is 9.78 Å². The van der Waals surface area contributed by atoms with Crippen LogP contribution in [0, 0.1) is 12.8 Å². The molecule has 210 valence electrons. The molecule has 0 bridgehead atoms. The summed E-state index contributed by atoms with van der Waals surface area (Å²) in [6.45, 7) is 10.1. The predicted octanol–water partition coefficient (Wildman–Crippen LogP) is 1.84. The molecule has 3 heterocycles. The summed E-state index contributed by atoms with van der Waals surface area (Å²) in [5.41, 5.74) is 1.32. The molecule has 0 amide bonds. The molecule has 12 heteroatoms. The fraction of sp³-hybridized carbons (Fsp3) is 0.556. The van der Waals surface area contributed by atoms with E-state index in [9.17, 15) is 24.3 Å². The third-order valence-corrected chi connectivity index (χ3v) is 6.95. The number of hydrogen-bond acceptors (Lipinski definition) is 9. The number of aliphatic carboxylic acids is 1. The number of carbonyl (C=O) groups excluding carboxylic acids is 1. The highest BCUT2D eigenvalue weighted by molar-refractivity contribution is 5.84. The van der Waals surface area contributed by atoms with Crippen molar-refractivity contribution < 1.29 is 19.4 Å². The normalized spacial score (nSPS) is 15.1. The SMILES string of the molecule is Cc1cc2nc3c(=O)n(C)c(=O)nc-3n(CCN3CCC(C(=O)O)CC3)c2cc1NCCC(=O)OC(C)(C)C. The summed E-state index contributed by atoms with van der Waals surface area (Å²) in [4.78, 5) is 59.8. The van der Waals surface area contributed by atoms with Gasteiger partial charge in [-0.05, 0) is 71.3 Å². The second-order valence-electron chi connectivity index (χ2n) is 11.1. The van der Waals surface area contributed by atoms with Crippen molar-refractivity contribution in [3.8, 4) is 11.5 Å². The second kappa shape index (κ2) is 11.1. The Morgan fingerprint density at radius 1 is 1.13 bits per heavy atom. The molecule has 0 radical (unpaired) electrons. The number of carboxylic acids is 1. The van der Waals surface area contributed by atoms with Crippen LogP contribution in [-0.2, 0) is 27.9 Å². The molecule has 1 aromatic rings. The summed E-state index contributed by atoms with van der Waals surface area (Å²) in [6.07, 6.45) is 1.34. The Balaban J connectivity index is 1.67. The number of carbonyl (C=O) groups is 2. The van der Waals surface area contributed by atoms with Gasteiger partial charge in [-0.1, -0.05) is 0 Å². The number of ether oxygens (including phenoxy) is 1. The highest BCUT2D eigenvalue weighted by Crippen LogP contribution is 2.27. The van der Waals surface area contributed by atoms with Crippen molar-refractivity contribution in [2.75, 3.05) is 31.5 Å².